The van der Waals surface area contributed by atoms with Crippen LogP contribution in [0.3, 0.4) is 0 Å². The number of carbonyl (C=O) groups is 1. The molecule has 2 aromatic carbocycles. The van der Waals surface area contributed by atoms with Crippen LogP contribution >= 0.6 is 15.9 Å². The predicted octanol–water partition coefficient (Wildman–Crippen LogP) is 3.68. The number of rotatable bonds is 6. The van der Waals surface area contributed by atoms with Gasteiger partial charge in [0.15, 0.2) is 9.84 Å². The Balaban J connectivity index is 1.88. The summed E-state index contributed by atoms with van der Waals surface area (Å²) >= 11 is 3.43. The molecule has 3 rings (SSSR count). The molecule has 2 aromatic rings. The van der Waals surface area contributed by atoms with Crippen molar-refractivity contribution in [3.05, 3.63) is 64.1 Å². The minimum Gasteiger partial charge on any atom is -0.494 e. The Morgan fingerprint density at radius 3 is 2.48 bits per heavy atom. The first-order valence-corrected chi connectivity index (χ1v) is 11.5. The molecule has 0 spiro atoms. The summed E-state index contributed by atoms with van der Waals surface area (Å²) in [6, 6.07) is 14.5. The maximum absolute atomic E-state index is 13.2. The maximum Gasteiger partial charge on any atom is 0.255 e. The van der Waals surface area contributed by atoms with Crippen molar-refractivity contribution in [1.29, 1.82) is 0 Å². The highest BCUT2D eigenvalue weighted by atomic mass is 79.9. The molecule has 7 heteroatoms. The third-order valence-electron chi connectivity index (χ3n) is 4.60. The fourth-order valence-corrected chi connectivity index (χ4v) is 5.42. The fourth-order valence-electron chi connectivity index (χ4n) is 3.23. The van der Waals surface area contributed by atoms with E-state index in [-0.39, 0.29) is 23.5 Å². The number of hydrogen-bond acceptors (Lipinski definition) is 4. The Hall–Kier alpha value is -1.86. The van der Waals surface area contributed by atoms with E-state index >= 15 is 0 Å². The molecule has 1 unspecified atom stereocenters. The van der Waals surface area contributed by atoms with Crippen molar-refractivity contribution >= 4 is 31.7 Å². The topological polar surface area (TPSA) is 63.7 Å². The van der Waals surface area contributed by atoms with Gasteiger partial charge < -0.3 is 9.64 Å². The predicted molar refractivity (Wildman–Crippen MR) is 109 cm³/mol. The number of amides is 1. The molecule has 1 fully saturated rings. The number of sulfone groups is 1. The van der Waals surface area contributed by atoms with Gasteiger partial charge in [-0.05, 0) is 59.1 Å². The molecule has 0 radical (unpaired) electrons. The highest BCUT2D eigenvalue weighted by Crippen LogP contribution is 2.25. The molecule has 0 bridgehead atoms. The van der Waals surface area contributed by atoms with Crippen molar-refractivity contribution in [2.75, 3.05) is 18.1 Å². The molecule has 0 aliphatic carbocycles. The first kappa shape index (κ1) is 19.9. The number of ether oxygens (including phenoxy) is 1. The molecule has 1 atom stereocenters. The third-order valence-corrected chi connectivity index (χ3v) is 7.04. The average Bonchev–Trinajstić information content (AvgIpc) is 3.01. The molecule has 1 amide bonds. The van der Waals surface area contributed by atoms with Crippen molar-refractivity contribution in [3.8, 4) is 5.75 Å². The smallest absolute Gasteiger partial charge is 0.255 e. The van der Waals surface area contributed by atoms with Crippen LogP contribution in [0.1, 0.15) is 29.3 Å². The molecular weight excluding hydrogens is 430 g/mol. The van der Waals surface area contributed by atoms with Crippen LogP contribution in [0.2, 0.25) is 0 Å². The van der Waals surface area contributed by atoms with Gasteiger partial charge in [0.25, 0.3) is 5.91 Å². The zero-order valence-corrected chi connectivity index (χ0v) is 17.5. The molecule has 0 saturated carbocycles. The lowest BCUT2D eigenvalue weighted by Crippen LogP contribution is -2.40. The van der Waals surface area contributed by atoms with Crippen LogP contribution in [-0.4, -0.2) is 43.4 Å². The standard InChI is InChI=1S/C20H22BrNO4S/c1-2-26-17-9-7-15(8-10-17)13-22(16-11-12-27(24,25)14-16)20(23)18-5-3-4-6-19(18)21/h3-10,16H,2,11-14H2,1H3. The molecule has 144 valence electrons. The van der Waals surface area contributed by atoms with Crippen LogP contribution in [0.15, 0.2) is 53.0 Å². The first-order valence-electron chi connectivity index (χ1n) is 8.87. The highest BCUT2D eigenvalue weighted by molar-refractivity contribution is 9.10. The van der Waals surface area contributed by atoms with E-state index in [1.165, 1.54) is 0 Å². The van der Waals surface area contributed by atoms with E-state index in [0.29, 0.717) is 29.6 Å². The molecular formula is C20H22BrNO4S. The SMILES string of the molecule is CCOc1ccc(CN(C(=O)c2ccccc2Br)C2CCS(=O)(=O)C2)cc1. The molecule has 5 nitrogen and oxygen atoms in total. The second-order valence-electron chi connectivity index (χ2n) is 6.55. The fraction of sp³-hybridized carbons (Fsp3) is 0.350. The van der Waals surface area contributed by atoms with Gasteiger partial charge in [0.2, 0.25) is 0 Å². The molecule has 1 aliphatic rings. The second kappa shape index (κ2) is 8.44. The minimum atomic E-state index is -3.10. The zero-order valence-electron chi connectivity index (χ0n) is 15.1. The van der Waals surface area contributed by atoms with E-state index in [1.807, 2.05) is 43.3 Å². The van der Waals surface area contributed by atoms with E-state index < -0.39 is 9.84 Å². The molecule has 0 N–H and O–H groups in total. The van der Waals surface area contributed by atoms with Gasteiger partial charge in [0.1, 0.15) is 5.75 Å². The van der Waals surface area contributed by atoms with Gasteiger partial charge in [-0.2, -0.15) is 0 Å². The lowest BCUT2D eigenvalue weighted by atomic mass is 10.1. The summed E-state index contributed by atoms with van der Waals surface area (Å²) in [5.41, 5.74) is 1.47. The molecule has 0 aromatic heterocycles. The Labute approximate surface area is 168 Å². The van der Waals surface area contributed by atoms with Crippen LogP contribution < -0.4 is 4.74 Å². The second-order valence-corrected chi connectivity index (χ2v) is 9.63. The van der Waals surface area contributed by atoms with Crippen LogP contribution in [-0.2, 0) is 16.4 Å². The summed E-state index contributed by atoms with van der Waals surface area (Å²) in [4.78, 5) is 14.9. The zero-order chi connectivity index (χ0) is 19.4. The Morgan fingerprint density at radius 2 is 1.89 bits per heavy atom. The Morgan fingerprint density at radius 1 is 1.19 bits per heavy atom. The van der Waals surface area contributed by atoms with Gasteiger partial charge in [-0.25, -0.2) is 8.42 Å². The summed E-state index contributed by atoms with van der Waals surface area (Å²) in [5.74, 6) is 0.743. The Kier molecular flexibility index (Phi) is 6.22. The van der Waals surface area contributed by atoms with E-state index in [0.717, 1.165) is 11.3 Å². The number of nitrogens with zero attached hydrogens (tertiary/aromatic N) is 1. The minimum absolute atomic E-state index is 0.0141. The highest BCUT2D eigenvalue weighted by Gasteiger charge is 2.35. The quantitative estimate of drug-likeness (QED) is 0.671. The largest absolute Gasteiger partial charge is 0.494 e. The van der Waals surface area contributed by atoms with Crippen molar-refractivity contribution < 1.29 is 17.9 Å². The van der Waals surface area contributed by atoms with E-state index in [2.05, 4.69) is 15.9 Å². The van der Waals surface area contributed by atoms with Crippen molar-refractivity contribution in [1.82, 2.24) is 4.90 Å². The number of halogens is 1. The van der Waals surface area contributed by atoms with E-state index in [4.69, 9.17) is 4.74 Å². The van der Waals surface area contributed by atoms with Crippen LogP contribution in [0.5, 0.6) is 5.75 Å². The van der Waals surface area contributed by atoms with Crippen LogP contribution in [0, 0.1) is 0 Å². The van der Waals surface area contributed by atoms with Crippen molar-refractivity contribution in [3.63, 3.8) is 0 Å². The van der Waals surface area contributed by atoms with E-state index in [1.54, 1.807) is 17.0 Å². The summed E-state index contributed by atoms with van der Waals surface area (Å²) < 4.78 is 30.1. The van der Waals surface area contributed by atoms with Gasteiger partial charge in [-0.15, -0.1) is 0 Å². The number of hydrogen-bond donors (Lipinski definition) is 0. The molecule has 1 saturated heterocycles. The van der Waals surface area contributed by atoms with Crippen molar-refractivity contribution in [2.24, 2.45) is 0 Å². The molecule has 1 aliphatic heterocycles. The lowest BCUT2D eigenvalue weighted by Gasteiger charge is -2.29. The normalized spacial score (nSPS) is 18.2. The molecule has 1 heterocycles. The van der Waals surface area contributed by atoms with E-state index in [9.17, 15) is 13.2 Å². The summed E-state index contributed by atoms with van der Waals surface area (Å²) in [5, 5.41) is 0. The average molecular weight is 452 g/mol. The van der Waals surface area contributed by atoms with Crippen LogP contribution in [0.4, 0.5) is 0 Å². The Bertz CT molecular complexity index is 912. The number of carbonyl (C=O) groups excluding carboxylic acids is 1. The van der Waals surface area contributed by atoms with Gasteiger partial charge >= 0.3 is 0 Å². The van der Waals surface area contributed by atoms with Crippen molar-refractivity contribution in [2.45, 2.75) is 25.9 Å². The lowest BCUT2D eigenvalue weighted by molar-refractivity contribution is 0.0680. The molecule has 27 heavy (non-hydrogen) atoms. The monoisotopic (exact) mass is 451 g/mol. The third kappa shape index (κ3) is 4.90. The van der Waals surface area contributed by atoms with Gasteiger partial charge in [0, 0.05) is 17.1 Å². The first-order chi connectivity index (χ1) is 12.9. The van der Waals surface area contributed by atoms with Gasteiger partial charge in [0.05, 0.1) is 23.7 Å². The number of benzene rings is 2. The maximum atomic E-state index is 13.2. The summed E-state index contributed by atoms with van der Waals surface area (Å²) in [7, 11) is -3.10. The summed E-state index contributed by atoms with van der Waals surface area (Å²) in [6.07, 6.45) is 0.468. The van der Waals surface area contributed by atoms with Crippen LogP contribution in [0.25, 0.3) is 0 Å². The summed E-state index contributed by atoms with van der Waals surface area (Å²) in [6.45, 7) is 2.87. The van der Waals surface area contributed by atoms with Gasteiger partial charge in [-0.1, -0.05) is 24.3 Å². The van der Waals surface area contributed by atoms with Gasteiger partial charge in [-0.3, -0.25) is 4.79 Å².